The molecular formula is C5H4BrIN2. The van der Waals surface area contributed by atoms with E-state index in [2.05, 4.69) is 48.1 Å². The van der Waals surface area contributed by atoms with Gasteiger partial charge in [0.2, 0.25) is 0 Å². The fraction of sp³-hybridized carbons (Fsp3) is 0. The third-order valence-corrected chi connectivity index (χ3v) is 2.15. The molecule has 0 spiro atoms. The first-order valence-electron chi connectivity index (χ1n) is 2.32. The smallest absolute Gasteiger partial charge is 0.125 e. The van der Waals surface area contributed by atoms with Gasteiger partial charge in [0.1, 0.15) is 3.70 Å². The normalized spacial score (nSPS) is 9.11. The molecule has 0 saturated heterocycles. The lowest BCUT2D eigenvalue weighted by molar-refractivity contribution is 1.28. The number of nitrogens with zero attached hydrogens (tertiary/aromatic N) is 1. The zero-order valence-electron chi connectivity index (χ0n) is 4.44. The number of nitrogens with one attached hydrogen (secondary N) is 1. The molecule has 1 rings (SSSR count). The Morgan fingerprint density at radius 2 is 2.44 bits per heavy atom. The molecule has 1 N–H and O–H groups in total. The van der Waals surface area contributed by atoms with Crippen LogP contribution in [0.3, 0.4) is 0 Å². The molecule has 48 valence electrons. The van der Waals surface area contributed by atoms with Crippen LogP contribution in [0, 0.1) is 3.70 Å². The molecule has 4 heteroatoms. The quantitative estimate of drug-likeness (QED) is 0.489. The third kappa shape index (κ3) is 1.79. The minimum Gasteiger partial charge on any atom is -0.320 e. The summed E-state index contributed by atoms with van der Waals surface area (Å²) in [5, 5.41) is 0. The van der Waals surface area contributed by atoms with Crippen LogP contribution < -0.4 is 4.34 Å². The van der Waals surface area contributed by atoms with E-state index in [0.717, 1.165) is 9.39 Å². The number of rotatable bonds is 1. The summed E-state index contributed by atoms with van der Waals surface area (Å²) < 4.78 is 3.80. The second kappa shape index (κ2) is 3.36. The maximum atomic E-state index is 4.04. The van der Waals surface area contributed by atoms with Crippen LogP contribution in [0.2, 0.25) is 0 Å². The lowest BCUT2D eigenvalue weighted by atomic mass is 10.4. The average molecular weight is 299 g/mol. The van der Waals surface area contributed by atoms with Crippen molar-refractivity contribution >= 4 is 44.4 Å². The molecule has 0 atom stereocenters. The van der Waals surface area contributed by atoms with Gasteiger partial charge in [0.25, 0.3) is 0 Å². The second-order valence-corrected chi connectivity index (χ2v) is 2.85. The summed E-state index contributed by atoms with van der Waals surface area (Å²) in [7, 11) is 0. The molecule has 0 aliphatic rings. The molecule has 2 nitrogen and oxygen atoms in total. The highest BCUT2D eigenvalue weighted by Crippen LogP contribution is 2.14. The van der Waals surface area contributed by atoms with E-state index in [1.165, 1.54) is 0 Å². The number of pyridine rings is 1. The molecule has 0 bridgehead atoms. The highest BCUT2D eigenvalue weighted by atomic mass is 127. The van der Waals surface area contributed by atoms with Gasteiger partial charge < -0.3 is 4.34 Å². The van der Waals surface area contributed by atoms with Gasteiger partial charge in [-0.3, -0.25) is 0 Å². The minimum atomic E-state index is 0.965. The van der Waals surface area contributed by atoms with Crippen LogP contribution in [0.15, 0.2) is 18.3 Å². The van der Waals surface area contributed by atoms with E-state index < -0.39 is 0 Å². The first-order valence-corrected chi connectivity index (χ1v) is 4.19. The third-order valence-electron chi connectivity index (χ3n) is 0.861. The monoisotopic (exact) mass is 298 g/mol. The van der Waals surface area contributed by atoms with Crippen molar-refractivity contribution in [1.82, 2.24) is 4.98 Å². The average Bonchev–Trinajstić information content (AvgIpc) is 1.89. The van der Waals surface area contributed by atoms with E-state index >= 15 is 0 Å². The number of halogens is 2. The summed E-state index contributed by atoms with van der Waals surface area (Å²) in [5.74, 6) is 0. The van der Waals surface area contributed by atoms with Crippen molar-refractivity contribution in [3.8, 4) is 0 Å². The maximum Gasteiger partial charge on any atom is 0.125 e. The van der Waals surface area contributed by atoms with Crippen molar-refractivity contribution in [3.05, 3.63) is 22.0 Å². The first-order chi connectivity index (χ1) is 4.34. The van der Waals surface area contributed by atoms with E-state index in [1.807, 2.05) is 12.1 Å². The summed E-state index contributed by atoms with van der Waals surface area (Å²) in [6, 6.07) is 3.83. The molecule has 0 aliphatic heterocycles. The van der Waals surface area contributed by atoms with Crippen LogP contribution in [-0.2, 0) is 0 Å². The fourth-order valence-corrected chi connectivity index (χ4v) is 1.62. The summed E-state index contributed by atoms with van der Waals surface area (Å²) in [4.78, 5) is 4.04. The van der Waals surface area contributed by atoms with Crippen molar-refractivity contribution < 1.29 is 0 Å². The Bertz CT molecular complexity index is 204. The second-order valence-electron chi connectivity index (χ2n) is 1.44. The van der Waals surface area contributed by atoms with Gasteiger partial charge in [-0.15, -0.1) is 0 Å². The summed E-state index contributed by atoms with van der Waals surface area (Å²) in [5.41, 5.74) is 0.998. The highest BCUT2D eigenvalue weighted by Gasteiger charge is 1.93. The summed E-state index contributed by atoms with van der Waals surface area (Å²) in [6.07, 6.45) is 1.76. The summed E-state index contributed by atoms with van der Waals surface area (Å²) >= 11 is 5.27. The van der Waals surface area contributed by atoms with Crippen LogP contribution in [-0.4, -0.2) is 4.98 Å². The molecule has 0 amide bonds. The Hall–Kier alpha value is 0.160. The SMILES string of the molecule is BrNc1cccnc1I. The van der Waals surface area contributed by atoms with Crippen LogP contribution >= 0.6 is 38.7 Å². The molecular weight excluding hydrogens is 295 g/mol. The van der Waals surface area contributed by atoms with Crippen molar-refractivity contribution in [3.63, 3.8) is 0 Å². The number of anilines is 1. The van der Waals surface area contributed by atoms with E-state index in [-0.39, 0.29) is 0 Å². The van der Waals surface area contributed by atoms with Crippen molar-refractivity contribution in [2.75, 3.05) is 4.34 Å². The molecule has 0 radical (unpaired) electrons. The Kier molecular flexibility index (Phi) is 2.71. The molecule has 1 aromatic rings. The Morgan fingerprint density at radius 1 is 1.67 bits per heavy atom. The van der Waals surface area contributed by atoms with Gasteiger partial charge >= 0.3 is 0 Å². The topological polar surface area (TPSA) is 24.9 Å². The number of hydrogen-bond acceptors (Lipinski definition) is 2. The van der Waals surface area contributed by atoms with Gasteiger partial charge in [-0.05, 0) is 34.7 Å². The minimum absolute atomic E-state index is 0.965. The van der Waals surface area contributed by atoms with E-state index in [0.29, 0.717) is 0 Å². The predicted molar refractivity (Wildman–Crippen MR) is 49.5 cm³/mol. The lowest BCUT2D eigenvalue weighted by Crippen LogP contribution is -1.85. The molecule has 0 unspecified atom stereocenters. The van der Waals surface area contributed by atoms with Gasteiger partial charge in [0.05, 0.1) is 5.69 Å². The molecule has 9 heavy (non-hydrogen) atoms. The van der Waals surface area contributed by atoms with Crippen LogP contribution in [0.25, 0.3) is 0 Å². The van der Waals surface area contributed by atoms with E-state index in [1.54, 1.807) is 6.20 Å². The number of aromatic nitrogens is 1. The molecule has 0 aliphatic carbocycles. The van der Waals surface area contributed by atoms with Crippen molar-refractivity contribution in [2.45, 2.75) is 0 Å². The number of hydrogen-bond donors (Lipinski definition) is 1. The van der Waals surface area contributed by atoms with Gasteiger partial charge in [0.15, 0.2) is 0 Å². The predicted octanol–water partition coefficient (Wildman–Crippen LogP) is 2.41. The summed E-state index contributed by atoms with van der Waals surface area (Å²) in [6.45, 7) is 0. The van der Waals surface area contributed by atoms with Gasteiger partial charge in [-0.1, -0.05) is 0 Å². The Balaban J connectivity index is 3.01. The fourth-order valence-electron chi connectivity index (χ4n) is 0.457. The van der Waals surface area contributed by atoms with Gasteiger partial charge in [-0.25, -0.2) is 4.98 Å². The van der Waals surface area contributed by atoms with Gasteiger partial charge in [-0.2, -0.15) is 0 Å². The molecule has 0 fully saturated rings. The standard InChI is InChI=1S/C5H4BrIN2/c6-9-4-2-1-3-8-5(4)7/h1-3,9H. The molecule has 0 aromatic carbocycles. The zero-order chi connectivity index (χ0) is 6.69. The highest BCUT2D eigenvalue weighted by molar-refractivity contribution is 14.1. The molecule has 1 aromatic heterocycles. The lowest BCUT2D eigenvalue weighted by Gasteiger charge is -1.96. The van der Waals surface area contributed by atoms with Gasteiger partial charge in [0, 0.05) is 22.3 Å². The molecule has 1 heterocycles. The Labute approximate surface area is 75.5 Å². The Morgan fingerprint density at radius 3 is 2.89 bits per heavy atom. The van der Waals surface area contributed by atoms with Crippen LogP contribution in [0.4, 0.5) is 5.69 Å². The van der Waals surface area contributed by atoms with E-state index in [4.69, 9.17) is 0 Å². The largest absolute Gasteiger partial charge is 0.320 e. The maximum absolute atomic E-state index is 4.04. The van der Waals surface area contributed by atoms with Crippen molar-refractivity contribution in [1.29, 1.82) is 0 Å². The first kappa shape index (κ1) is 7.27. The van der Waals surface area contributed by atoms with E-state index in [9.17, 15) is 0 Å². The van der Waals surface area contributed by atoms with Crippen molar-refractivity contribution in [2.24, 2.45) is 0 Å². The molecule has 0 saturated carbocycles. The zero-order valence-corrected chi connectivity index (χ0v) is 8.18. The van der Waals surface area contributed by atoms with Crippen LogP contribution in [0.1, 0.15) is 0 Å². The van der Waals surface area contributed by atoms with Crippen LogP contribution in [0.5, 0.6) is 0 Å².